The Morgan fingerprint density at radius 3 is 2.19 bits per heavy atom. The van der Waals surface area contributed by atoms with Crippen LogP contribution in [0.25, 0.3) is 66.4 Å². The Balaban J connectivity index is 1.19. The van der Waals surface area contributed by atoms with Gasteiger partial charge in [0, 0.05) is 28.6 Å². The van der Waals surface area contributed by atoms with Crippen molar-refractivity contribution in [3.8, 4) is 27.9 Å². The number of nitrogens with zero attached hydrogens (tertiary/aromatic N) is 3. The molecule has 3 aromatic heterocycles. The van der Waals surface area contributed by atoms with Gasteiger partial charge >= 0.3 is 0 Å². The Bertz CT molecular complexity index is 2630. The van der Waals surface area contributed by atoms with E-state index in [1.54, 1.807) is 0 Å². The van der Waals surface area contributed by atoms with Gasteiger partial charge in [0.1, 0.15) is 5.65 Å². The van der Waals surface area contributed by atoms with E-state index in [0.29, 0.717) is 5.92 Å². The van der Waals surface area contributed by atoms with Gasteiger partial charge < -0.3 is 4.57 Å². The van der Waals surface area contributed by atoms with Gasteiger partial charge in [0.2, 0.25) is 0 Å². The Hall–Kier alpha value is -5.93. The zero-order valence-electron chi connectivity index (χ0n) is 25.8. The van der Waals surface area contributed by atoms with Gasteiger partial charge in [0.25, 0.3) is 0 Å². The first-order valence-electron chi connectivity index (χ1n) is 16.5. The van der Waals surface area contributed by atoms with Crippen LogP contribution in [0.1, 0.15) is 29.0 Å². The van der Waals surface area contributed by atoms with Gasteiger partial charge in [-0.3, -0.25) is 4.40 Å². The first-order chi connectivity index (χ1) is 23.3. The fourth-order valence-electron chi connectivity index (χ4n) is 7.97. The third-order valence-electron chi connectivity index (χ3n) is 10.2. The van der Waals surface area contributed by atoms with Crippen molar-refractivity contribution in [2.75, 3.05) is 0 Å². The summed E-state index contributed by atoms with van der Waals surface area (Å²) in [6, 6.07) is 55.6. The van der Waals surface area contributed by atoms with Gasteiger partial charge in [-0.1, -0.05) is 91.0 Å². The maximum absolute atomic E-state index is 5.04. The smallest absolute Gasteiger partial charge is 0.137 e. The first-order valence-corrected chi connectivity index (χ1v) is 16.5. The summed E-state index contributed by atoms with van der Waals surface area (Å²) in [6.45, 7) is 0. The Morgan fingerprint density at radius 2 is 1.30 bits per heavy atom. The van der Waals surface area contributed by atoms with E-state index in [0.717, 1.165) is 29.5 Å². The lowest BCUT2D eigenvalue weighted by atomic mass is 9.85. The third kappa shape index (κ3) is 4.10. The van der Waals surface area contributed by atoms with Crippen LogP contribution in [0.2, 0.25) is 0 Å². The highest BCUT2D eigenvalue weighted by molar-refractivity contribution is 6.10. The molecule has 3 heterocycles. The van der Waals surface area contributed by atoms with E-state index in [4.69, 9.17) is 4.98 Å². The standard InChI is InChI=1S/C44H31N3/c1-3-11-29(12-4-1)34-22-20-30-18-19-31(25-36(30)38-28-43-40(27-37(34)38)45-44-17-9-10-24-46(43)44)32-21-23-42-39(26-32)35-15-7-8-16-41(35)47(42)33-13-5-2-6-14-33/h1-19,21,23-28,34H,20,22H2. The SMILES string of the molecule is c1ccc(C2CCc3ccc(-c4ccc5c(c4)c4ccccc4n5-c4ccccc4)cc3-c3cc4c(cc32)nc2ccccn24)cc1. The van der Waals surface area contributed by atoms with Crippen LogP contribution in [-0.4, -0.2) is 14.0 Å². The second-order valence-electron chi connectivity index (χ2n) is 12.8. The molecule has 1 atom stereocenters. The average molecular weight is 602 g/mol. The number of pyridine rings is 1. The van der Waals surface area contributed by atoms with Crippen LogP contribution in [0.4, 0.5) is 0 Å². The molecule has 0 saturated heterocycles. The summed E-state index contributed by atoms with van der Waals surface area (Å²) >= 11 is 0. The molecule has 3 heteroatoms. The lowest BCUT2D eigenvalue weighted by Crippen LogP contribution is -2.02. The summed E-state index contributed by atoms with van der Waals surface area (Å²) in [4.78, 5) is 5.04. The van der Waals surface area contributed by atoms with E-state index in [1.165, 1.54) is 66.4 Å². The van der Waals surface area contributed by atoms with Crippen molar-refractivity contribution in [3.05, 3.63) is 175 Å². The topological polar surface area (TPSA) is 22.2 Å². The van der Waals surface area contributed by atoms with E-state index in [-0.39, 0.29) is 0 Å². The molecule has 222 valence electrons. The van der Waals surface area contributed by atoms with E-state index < -0.39 is 0 Å². The molecule has 1 aliphatic rings. The van der Waals surface area contributed by atoms with Crippen molar-refractivity contribution >= 4 is 38.5 Å². The fourth-order valence-corrected chi connectivity index (χ4v) is 7.97. The Kier molecular flexibility index (Phi) is 5.76. The number of para-hydroxylation sites is 2. The molecule has 0 bridgehead atoms. The maximum atomic E-state index is 5.04. The molecule has 0 amide bonds. The van der Waals surface area contributed by atoms with Crippen molar-refractivity contribution in [1.82, 2.24) is 14.0 Å². The molecular weight excluding hydrogens is 571 g/mol. The number of fused-ring (bicyclic) bond motifs is 9. The van der Waals surface area contributed by atoms with Gasteiger partial charge in [0.15, 0.2) is 0 Å². The van der Waals surface area contributed by atoms with Gasteiger partial charge in [-0.15, -0.1) is 0 Å². The average Bonchev–Trinajstić information content (AvgIpc) is 3.61. The molecule has 0 spiro atoms. The van der Waals surface area contributed by atoms with Gasteiger partial charge in [-0.05, 0) is 112 Å². The second-order valence-corrected chi connectivity index (χ2v) is 12.8. The van der Waals surface area contributed by atoms with E-state index in [2.05, 4.69) is 167 Å². The molecule has 1 unspecified atom stereocenters. The quantitative estimate of drug-likeness (QED) is 0.197. The lowest BCUT2D eigenvalue weighted by molar-refractivity contribution is 0.726. The van der Waals surface area contributed by atoms with Crippen LogP contribution in [0.5, 0.6) is 0 Å². The Morgan fingerprint density at radius 1 is 0.553 bits per heavy atom. The number of imidazole rings is 1. The molecule has 0 N–H and O–H groups in total. The van der Waals surface area contributed by atoms with Gasteiger partial charge in [0.05, 0.1) is 22.1 Å². The molecule has 0 saturated carbocycles. The normalized spacial score (nSPS) is 14.4. The summed E-state index contributed by atoms with van der Waals surface area (Å²) < 4.78 is 4.60. The highest BCUT2D eigenvalue weighted by atomic mass is 15.0. The minimum atomic E-state index is 0.303. The number of aromatic nitrogens is 3. The molecule has 1 aliphatic carbocycles. The summed E-state index contributed by atoms with van der Waals surface area (Å²) in [6.07, 6.45) is 4.22. The van der Waals surface area contributed by atoms with E-state index >= 15 is 0 Å². The molecule has 6 aromatic carbocycles. The molecule has 47 heavy (non-hydrogen) atoms. The second kappa shape index (κ2) is 10.3. The van der Waals surface area contributed by atoms with E-state index in [9.17, 15) is 0 Å². The van der Waals surface area contributed by atoms with Crippen LogP contribution < -0.4 is 0 Å². The highest BCUT2D eigenvalue weighted by Gasteiger charge is 2.26. The minimum Gasteiger partial charge on any atom is -0.309 e. The number of hydrogen-bond acceptors (Lipinski definition) is 1. The monoisotopic (exact) mass is 601 g/mol. The molecule has 0 aliphatic heterocycles. The predicted octanol–water partition coefficient (Wildman–Crippen LogP) is 11.0. The zero-order chi connectivity index (χ0) is 30.9. The van der Waals surface area contributed by atoms with Crippen molar-refractivity contribution < 1.29 is 0 Å². The Labute approximate surface area is 273 Å². The number of hydrogen-bond donors (Lipinski definition) is 0. The summed E-state index contributed by atoms with van der Waals surface area (Å²) in [5.74, 6) is 0.303. The molecule has 0 fully saturated rings. The first kappa shape index (κ1) is 26.3. The number of benzene rings is 6. The van der Waals surface area contributed by atoms with Gasteiger partial charge in [-0.25, -0.2) is 4.98 Å². The maximum Gasteiger partial charge on any atom is 0.137 e. The number of aryl methyl sites for hydroxylation is 1. The van der Waals surface area contributed by atoms with Crippen LogP contribution >= 0.6 is 0 Å². The predicted molar refractivity (Wildman–Crippen MR) is 195 cm³/mol. The molecular formula is C44H31N3. The van der Waals surface area contributed by atoms with E-state index in [1.807, 2.05) is 0 Å². The molecule has 0 radical (unpaired) electrons. The van der Waals surface area contributed by atoms with Crippen LogP contribution in [0, 0.1) is 0 Å². The number of rotatable bonds is 3. The van der Waals surface area contributed by atoms with Crippen LogP contribution in [-0.2, 0) is 6.42 Å². The van der Waals surface area contributed by atoms with Crippen molar-refractivity contribution in [3.63, 3.8) is 0 Å². The summed E-state index contributed by atoms with van der Waals surface area (Å²) in [5, 5.41) is 2.54. The summed E-state index contributed by atoms with van der Waals surface area (Å²) in [5.41, 5.74) is 16.1. The fraction of sp³-hybridized carbons (Fsp3) is 0.0682. The molecule has 10 rings (SSSR count). The summed E-state index contributed by atoms with van der Waals surface area (Å²) in [7, 11) is 0. The molecule has 3 nitrogen and oxygen atoms in total. The van der Waals surface area contributed by atoms with Crippen LogP contribution in [0.15, 0.2) is 158 Å². The van der Waals surface area contributed by atoms with Crippen LogP contribution in [0.3, 0.4) is 0 Å². The zero-order valence-corrected chi connectivity index (χ0v) is 25.8. The molecule has 9 aromatic rings. The van der Waals surface area contributed by atoms with Crippen molar-refractivity contribution in [2.45, 2.75) is 18.8 Å². The van der Waals surface area contributed by atoms with Crippen molar-refractivity contribution in [2.24, 2.45) is 0 Å². The largest absolute Gasteiger partial charge is 0.309 e. The lowest BCUT2D eigenvalue weighted by Gasteiger charge is -2.19. The minimum absolute atomic E-state index is 0.303. The third-order valence-corrected chi connectivity index (χ3v) is 10.2. The highest BCUT2D eigenvalue weighted by Crippen LogP contribution is 2.45. The van der Waals surface area contributed by atoms with Gasteiger partial charge in [-0.2, -0.15) is 0 Å². The van der Waals surface area contributed by atoms with Crippen molar-refractivity contribution in [1.29, 1.82) is 0 Å².